The van der Waals surface area contributed by atoms with Gasteiger partial charge in [0.25, 0.3) is 0 Å². The molecule has 1 heterocycles. The van der Waals surface area contributed by atoms with E-state index >= 15 is 0 Å². The Kier molecular flexibility index (Phi) is 5.81. The van der Waals surface area contributed by atoms with Crippen LogP contribution in [0.3, 0.4) is 0 Å². The van der Waals surface area contributed by atoms with E-state index in [1.807, 2.05) is 0 Å². The lowest BCUT2D eigenvalue weighted by Gasteiger charge is -2.09. The van der Waals surface area contributed by atoms with Crippen molar-refractivity contribution in [2.75, 3.05) is 12.0 Å². The summed E-state index contributed by atoms with van der Waals surface area (Å²) in [5, 5.41) is 3.71. The van der Waals surface area contributed by atoms with E-state index in [-0.39, 0.29) is 5.90 Å². The SMILES string of the molecule is C/C=C/C(=N\Nc1ncccc1Br)OCC(F)(F)F. The minimum Gasteiger partial charge on any atom is -0.467 e. The predicted molar refractivity (Wildman–Crippen MR) is 69.8 cm³/mol. The second-order valence-electron chi connectivity index (χ2n) is 3.30. The Hall–Kier alpha value is -1.57. The van der Waals surface area contributed by atoms with Crippen LogP contribution in [0.15, 0.2) is 40.1 Å². The average Bonchev–Trinajstić information content (AvgIpc) is 2.33. The molecule has 104 valence electrons. The molecule has 0 aliphatic carbocycles. The van der Waals surface area contributed by atoms with E-state index < -0.39 is 12.8 Å². The Morgan fingerprint density at radius 1 is 1.58 bits per heavy atom. The van der Waals surface area contributed by atoms with Gasteiger partial charge in [-0.2, -0.15) is 13.2 Å². The number of alkyl halides is 3. The third-order valence-electron chi connectivity index (χ3n) is 1.72. The zero-order chi connectivity index (χ0) is 14.3. The third-order valence-corrected chi connectivity index (χ3v) is 2.36. The Labute approximate surface area is 116 Å². The van der Waals surface area contributed by atoms with Crippen LogP contribution in [0.5, 0.6) is 0 Å². The van der Waals surface area contributed by atoms with E-state index in [1.54, 1.807) is 19.1 Å². The van der Waals surface area contributed by atoms with Gasteiger partial charge in [-0.25, -0.2) is 4.98 Å². The maximum atomic E-state index is 12.0. The summed E-state index contributed by atoms with van der Waals surface area (Å²) < 4.78 is 41.3. The maximum absolute atomic E-state index is 12.0. The minimum atomic E-state index is -4.41. The highest BCUT2D eigenvalue weighted by Gasteiger charge is 2.28. The van der Waals surface area contributed by atoms with Crippen LogP contribution in [0.2, 0.25) is 0 Å². The molecule has 19 heavy (non-hydrogen) atoms. The first-order valence-corrected chi connectivity index (χ1v) is 5.98. The summed E-state index contributed by atoms with van der Waals surface area (Å²) in [6.45, 7) is 0.240. The van der Waals surface area contributed by atoms with Gasteiger partial charge in [0.05, 0.1) is 4.47 Å². The Morgan fingerprint density at radius 3 is 2.89 bits per heavy atom. The van der Waals surface area contributed by atoms with Gasteiger partial charge in [-0.05, 0) is 41.1 Å². The maximum Gasteiger partial charge on any atom is 0.422 e. The molecular weight excluding hydrogens is 327 g/mol. The van der Waals surface area contributed by atoms with Crippen molar-refractivity contribution in [3.63, 3.8) is 0 Å². The second kappa shape index (κ2) is 7.13. The van der Waals surface area contributed by atoms with Crippen molar-refractivity contribution < 1.29 is 17.9 Å². The molecule has 0 saturated carbocycles. The summed E-state index contributed by atoms with van der Waals surface area (Å²) in [7, 11) is 0. The number of hydrogen-bond acceptors (Lipinski definition) is 4. The molecule has 8 heteroatoms. The Bertz CT molecular complexity index is 474. The number of ether oxygens (including phenoxy) is 1. The number of halogens is 4. The molecule has 0 amide bonds. The molecule has 1 aromatic rings. The fourth-order valence-electron chi connectivity index (χ4n) is 0.992. The van der Waals surface area contributed by atoms with Gasteiger partial charge in [-0.3, -0.25) is 5.43 Å². The van der Waals surface area contributed by atoms with E-state index in [4.69, 9.17) is 0 Å². The fraction of sp³-hybridized carbons (Fsp3) is 0.273. The van der Waals surface area contributed by atoms with Gasteiger partial charge in [-0.15, -0.1) is 5.10 Å². The van der Waals surface area contributed by atoms with Gasteiger partial charge >= 0.3 is 6.18 Å². The van der Waals surface area contributed by atoms with Gasteiger partial charge in [0.2, 0.25) is 5.90 Å². The molecule has 1 N–H and O–H groups in total. The van der Waals surface area contributed by atoms with Gasteiger partial charge in [0.15, 0.2) is 12.4 Å². The topological polar surface area (TPSA) is 46.5 Å². The smallest absolute Gasteiger partial charge is 0.422 e. The zero-order valence-electron chi connectivity index (χ0n) is 9.91. The van der Waals surface area contributed by atoms with Crippen molar-refractivity contribution in [2.24, 2.45) is 5.10 Å². The monoisotopic (exact) mass is 337 g/mol. The van der Waals surface area contributed by atoms with E-state index in [2.05, 4.69) is 36.2 Å². The molecule has 0 spiro atoms. The largest absolute Gasteiger partial charge is 0.467 e. The fourth-order valence-corrected chi connectivity index (χ4v) is 1.34. The number of pyridine rings is 1. The summed E-state index contributed by atoms with van der Waals surface area (Å²) in [5.74, 6) is 0.192. The lowest BCUT2D eigenvalue weighted by atomic mass is 10.5. The van der Waals surface area contributed by atoms with Crippen molar-refractivity contribution >= 4 is 27.6 Å². The van der Waals surface area contributed by atoms with Crippen molar-refractivity contribution in [2.45, 2.75) is 13.1 Å². The lowest BCUT2D eigenvalue weighted by molar-refractivity contribution is -0.155. The van der Waals surface area contributed by atoms with Crippen LogP contribution in [0.1, 0.15) is 6.92 Å². The first-order chi connectivity index (χ1) is 8.92. The van der Waals surface area contributed by atoms with E-state index in [1.165, 1.54) is 18.3 Å². The van der Waals surface area contributed by atoms with E-state index in [9.17, 15) is 13.2 Å². The van der Waals surface area contributed by atoms with Crippen LogP contribution in [0.4, 0.5) is 19.0 Å². The molecule has 4 nitrogen and oxygen atoms in total. The number of hydrogen-bond donors (Lipinski definition) is 1. The number of nitrogens with zero attached hydrogens (tertiary/aromatic N) is 2. The summed E-state index contributed by atoms with van der Waals surface area (Å²) in [5.41, 5.74) is 2.52. The first kappa shape index (κ1) is 15.5. The molecule has 0 aromatic carbocycles. The Balaban J connectivity index is 2.71. The van der Waals surface area contributed by atoms with Gasteiger partial charge in [0.1, 0.15) is 0 Å². The number of anilines is 1. The molecule has 0 radical (unpaired) electrons. The molecule has 1 aromatic heterocycles. The van der Waals surface area contributed by atoms with Crippen molar-refractivity contribution in [1.82, 2.24) is 4.98 Å². The quantitative estimate of drug-likeness (QED) is 0.517. The van der Waals surface area contributed by atoms with E-state index in [0.29, 0.717) is 10.3 Å². The standard InChI is InChI=1S/C11H11BrF3N3O/c1-2-4-9(19-7-11(13,14)15)17-18-10-8(12)5-3-6-16-10/h2-6H,7H2,1H3,(H,16,18)/b4-2+,17-9+. The molecule has 0 fully saturated rings. The van der Waals surface area contributed by atoms with Crippen LogP contribution < -0.4 is 5.43 Å². The highest BCUT2D eigenvalue weighted by atomic mass is 79.9. The van der Waals surface area contributed by atoms with Crippen molar-refractivity contribution in [3.05, 3.63) is 35.0 Å². The van der Waals surface area contributed by atoms with Crippen LogP contribution in [-0.4, -0.2) is 23.7 Å². The van der Waals surface area contributed by atoms with Crippen molar-refractivity contribution in [3.8, 4) is 0 Å². The summed E-state index contributed by atoms with van der Waals surface area (Å²) >= 11 is 3.22. The number of aromatic nitrogens is 1. The van der Waals surface area contributed by atoms with Crippen molar-refractivity contribution in [1.29, 1.82) is 0 Å². The summed E-state index contributed by atoms with van der Waals surface area (Å²) in [4.78, 5) is 3.95. The molecular formula is C11H11BrF3N3O. The first-order valence-electron chi connectivity index (χ1n) is 5.19. The van der Waals surface area contributed by atoms with E-state index in [0.717, 1.165) is 0 Å². The molecule has 0 bridgehead atoms. The normalized spacial score (nSPS) is 12.8. The number of allylic oxidation sites excluding steroid dienone is 1. The molecule has 1 rings (SSSR count). The van der Waals surface area contributed by atoms with Crippen LogP contribution in [-0.2, 0) is 4.74 Å². The molecule has 0 aliphatic heterocycles. The average molecular weight is 338 g/mol. The Morgan fingerprint density at radius 2 is 2.32 bits per heavy atom. The third kappa shape index (κ3) is 6.23. The number of nitrogens with one attached hydrogen (secondary N) is 1. The predicted octanol–water partition coefficient (Wildman–Crippen LogP) is 3.72. The van der Waals surface area contributed by atoms with Gasteiger partial charge in [0, 0.05) is 6.20 Å². The van der Waals surface area contributed by atoms with Crippen LogP contribution in [0.25, 0.3) is 0 Å². The number of rotatable bonds is 4. The molecule has 0 aliphatic rings. The van der Waals surface area contributed by atoms with Crippen LogP contribution >= 0.6 is 15.9 Å². The molecule has 0 unspecified atom stereocenters. The highest BCUT2D eigenvalue weighted by Crippen LogP contribution is 2.18. The highest BCUT2D eigenvalue weighted by molar-refractivity contribution is 9.10. The van der Waals surface area contributed by atoms with Gasteiger partial charge in [-0.1, -0.05) is 6.08 Å². The summed E-state index contributed by atoms with van der Waals surface area (Å²) in [6.07, 6.45) is -0.0532. The van der Waals surface area contributed by atoms with Crippen LogP contribution in [0, 0.1) is 0 Å². The van der Waals surface area contributed by atoms with Gasteiger partial charge < -0.3 is 4.74 Å². The minimum absolute atomic E-state index is 0.183. The molecule has 0 atom stereocenters. The second-order valence-corrected chi connectivity index (χ2v) is 4.15. The molecule has 0 saturated heterocycles. The lowest BCUT2D eigenvalue weighted by Crippen LogP contribution is -2.20. The number of hydrazone groups is 1. The summed E-state index contributed by atoms with van der Waals surface area (Å²) in [6, 6.07) is 3.42. The zero-order valence-corrected chi connectivity index (χ0v) is 11.5.